The second kappa shape index (κ2) is 12.9. The van der Waals surface area contributed by atoms with E-state index in [1.807, 2.05) is 6.92 Å². The predicted molar refractivity (Wildman–Crippen MR) is 93.9 cm³/mol. The van der Waals surface area contributed by atoms with Crippen LogP contribution in [0.1, 0.15) is 78.6 Å². The smallest absolute Gasteiger partial charge is 0.330 e. The molecule has 120 valence electrons. The van der Waals surface area contributed by atoms with Crippen molar-refractivity contribution in [2.24, 2.45) is 0 Å². The van der Waals surface area contributed by atoms with Gasteiger partial charge in [-0.05, 0) is 30.8 Å². The van der Waals surface area contributed by atoms with Crippen LogP contribution in [0, 0.1) is 0 Å². The lowest BCUT2D eigenvalue weighted by Gasteiger charge is -2.27. The van der Waals surface area contributed by atoms with E-state index in [2.05, 4.69) is 13.8 Å². The molecule has 0 heterocycles. The summed E-state index contributed by atoms with van der Waals surface area (Å²) in [6.07, 6.45) is 10.4. The van der Waals surface area contributed by atoms with E-state index in [-0.39, 0.29) is 0 Å². The van der Waals surface area contributed by atoms with Gasteiger partial charge in [0.2, 0.25) is 0 Å². The van der Waals surface area contributed by atoms with Crippen molar-refractivity contribution in [2.45, 2.75) is 82.6 Å². The van der Waals surface area contributed by atoms with Gasteiger partial charge in [0.25, 0.3) is 0 Å². The average molecular weight is 321 g/mol. The van der Waals surface area contributed by atoms with Crippen molar-refractivity contribution in [1.29, 1.82) is 0 Å². The molecule has 1 N–H and O–H groups in total. The molecule has 20 heavy (non-hydrogen) atoms. The van der Waals surface area contributed by atoms with Crippen LogP contribution < -0.4 is 0 Å². The summed E-state index contributed by atoms with van der Waals surface area (Å²) in [5.74, 6) is 1.31. The Balaban J connectivity index is 4.11. The third-order valence-electron chi connectivity index (χ3n) is 3.46. The van der Waals surface area contributed by atoms with Crippen molar-refractivity contribution in [3.63, 3.8) is 0 Å². The van der Waals surface area contributed by atoms with Gasteiger partial charge in [-0.2, -0.15) is 0 Å². The lowest BCUT2D eigenvalue weighted by Crippen LogP contribution is -2.31. The number of hydrogen-bond donors (Lipinski definition) is 1. The van der Waals surface area contributed by atoms with Gasteiger partial charge in [-0.25, -0.2) is 4.79 Å². The monoisotopic (exact) mass is 320 g/mol. The Morgan fingerprint density at radius 2 is 1.30 bits per heavy atom. The summed E-state index contributed by atoms with van der Waals surface area (Å²) < 4.78 is -0.613. The summed E-state index contributed by atoms with van der Waals surface area (Å²) in [7, 11) is 0. The van der Waals surface area contributed by atoms with E-state index in [0.29, 0.717) is 6.42 Å². The molecular formula is C16H32O2S2. The van der Waals surface area contributed by atoms with Crippen LogP contribution in [0.15, 0.2) is 0 Å². The molecule has 0 aliphatic rings. The minimum atomic E-state index is -0.638. The molecule has 0 amide bonds. The molecule has 0 aliphatic carbocycles. The summed E-state index contributed by atoms with van der Waals surface area (Å²) in [5, 5.41) is 9.59. The van der Waals surface area contributed by atoms with Gasteiger partial charge in [0.15, 0.2) is 4.08 Å². The molecule has 0 unspecified atom stereocenters. The number of hydrogen-bond acceptors (Lipinski definition) is 3. The Hall–Kier alpha value is 0.170. The Morgan fingerprint density at radius 3 is 1.60 bits per heavy atom. The molecule has 0 saturated heterocycles. The van der Waals surface area contributed by atoms with Crippen LogP contribution in [0.5, 0.6) is 0 Å². The molecule has 0 aromatic carbocycles. The van der Waals surface area contributed by atoms with Crippen LogP contribution in [0.25, 0.3) is 0 Å². The van der Waals surface area contributed by atoms with E-state index in [1.165, 1.54) is 38.5 Å². The summed E-state index contributed by atoms with van der Waals surface area (Å²) in [6, 6.07) is 0. The van der Waals surface area contributed by atoms with Gasteiger partial charge < -0.3 is 5.11 Å². The second-order valence-corrected chi connectivity index (χ2v) is 8.28. The first-order valence-electron chi connectivity index (χ1n) is 8.14. The molecule has 0 rings (SSSR count). The summed E-state index contributed by atoms with van der Waals surface area (Å²) in [6.45, 7) is 6.41. The van der Waals surface area contributed by atoms with Crippen LogP contribution >= 0.6 is 23.5 Å². The first-order chi connectivity index (χ1) is 9.63. The SMILES string of the molecule is CCCCCCSC(CC)(SCCCCCC)C(=O)O. The maximum Gasteiger partial charge on any atom is 0.330 e. The minimum Gasteiger partial charge on any atom is -0.480 e. The molecule has 0 fully saturated rings. The van der Waals surface area contributed by atoms with Crippen LogP contribution in [-0.4, -0.2) is 26.7 Å². The fourth-order valence-electron chi connectivity index (χ4n) is 2.05. The van der Waals surface area contributed by atoms with Crippen molar-refractivity contribution in [3.8, 4) is 0 Å². The largest absolute Gasteiger partial charge is 0.480 e. The van der Waals surface area contributed by atoms with Crippen molar-refractivity contribution in [3.05, 3.63) is 0 Å². The number of rotatable bonds is 14. The maximum absolute atomic E-state index is 11.7. The fraction of sp³-hybridized carbons (Fsp3) is 0.938. The van der Waals surface area contributed by atoms with E-state index in [4.69, 9.17) is 0 Å². The van der Waals surface area contributed by atoms with Gasteiger partial charge in [-0.15, -0.1) is 23.5 Å². The fourth-order valence-corrected chi connectivity index (χ4v) is 4.90. The molecule has 0 radical (unpaired) electrons. The normalized spacial score (nSPS) is 11.8. The van der Waals surface area contributed by atoms with Gasteiger partial charge in [0.05, 0.1) is 0 Å². The lowest BCUT2D eigenvalue weighted by molar-refractivity contribution is -0.137. The van der Waals surface area contributed by atoms with Gasteiger partial charge >= 0.3 is 5.97 Å². The van der Waals surface area contributed by atoms with Crippen molar-refractivity contribution < 1.29 is 9.90 Å². The molecule has 0 spiro atoms. The molecular weight excluding hydrogens is 288 g/mol. The third-order valence-corrected chi connectivity index (χ3v) is 7.01. The first-order valence-corrected chi connectivity index (χ1v) is 10.1. The van der Waals surface area contributed by atoms with E-state index in [1.54, 1.807) is 23.5 Å². The van der Waals surface area contributed by atoms with Gasteiger partial charge in [-0.1, -0.05) is 59.3 Å². The number of unbranched alkanes of at least 4 members (excludes halogenated alkanes) is 6. The number of aliphatic carboxylic acids is 1. The van der Waals surface area contributed by atoms with Crippen molar-refractivity contribution in [1.82, 2.24) is 0 Å². The van der Waals surface area contributed by atoms with E-state index in [0.717, 1.165) is 24.3 Å². The van der Waals surface area contributed by atoms with Crippen LogP contribution in [0.2, 0.25) is 0 Å². The van der Waals surface area contributed by atoms with E-state index >= 15 is 0 Å². The molecule has 4 heteroatoms. The Bertz CT molecular complexity index is 231. The zero-order valence-corrected chi connectivity index (χ0v) is 15.1. The maximum atomic E-state index is 11.7. The van der Waals surface area contributed by atoms with Crippen molar-refractivity contribution >= 4 is 29.5 Å². The van der Waals surface area contributed by atoms with Crippen LogP contribution in [0.4, 0.5) is 0 Å². The molecule has 2 nitrogen and oxygen atoms in total. The Kier molecular flexibility index (Phi) is 13.0. The van der Waals surface area contributed by atoms with Gasteiger partial charge in [0, 0.05) is 0 Å². The Morgan fingerprint density at radius 1 is 0.850 bits per heavy atom. The first kappa shape index (κ1) is 20.2. The molecule has 0 aromatic rings. The Labute approximate surface area is 133 Å². The number of carboxylic acids is 1. The predicted octanol–water partition coefficient (Wildman–Crippen LogP) is 5.80. The minimum absolute atomic E-state index is 0.613. The highest BCUT2D eigenvalue weighted by molar-refractivity contribution is 8.19. The highest BCUT2D eigenvalue weighted by Gasteiger charge is 2.37. The van der Waals surface area contributed by atoms with E-state index < -0.39 is 10.0 Å². The quantitative estimate of drug-likeness (QED) is 0.324. The zero-order chi connectivity index (χ0) is 15.3. The van der Waals surface area contributed by atoms with Crippen LogP contribution in [-0.2, 0) is 4.79 Å². The molecule has 0 aromatic heterocycles. The van der Waals surface area contributed by atoms with Gasteiger partial charge in [0.1, 0.15) is 0 Å². The van der Waals surface area contributed by atoms with Crippen molar-refractivity contribution in [2.75, 3.05) is 11.5 Å². The highest BCUT2D eigenvalue weighted by atomic mass is 32.2. The standard InChI is InChI=1S/C16H32O2S2/c1-4-7-9-11-13-19-16(6-3,15(17)18)20-14-12-10-8-5-2/h4-14H2,1-3H3,(H,17,18). The van der Waals surface area contributed by atoms with E-state index in [9.17, 15) is 9.90 Å². The molecule has 0 bridgehead atoms. The second-order valence-electron chi connectivity index (χ2n) is 5.23. The third kappa shape index (κ3) is 8.46. The molecule has 0 aliphatic heterocycles. The average Bonchev–Trinajstić information content (AvgIpc) is 2.44. The molecule has 0 saturated carbocycles. The summed E-state index contributed by atoms with van der Waals surface area (Å²) in [5.41, 5.74) is 0. The number of thioether (sulfide) groups is 2. The molecule has 0 atom stereocenters. The number of carboxylic acid groups (broad SMARTS) is 1. The topological polar surface area (TPSA) is 37.3 Å². The summed E-state index contributed by atoms with van der Waals surface area (Å²) >= 11 is 3.31. The lowest BCUT2D eigenvalue weighted by atomic mass is 10.2. The van der Waals surface area contributed by atoms with Gasteiger partial charge in [-0.3, -0.25) is 0 Å². The van der Waals surface area contributed by atoms with Crippen LogP contribution in [0.3, 0.4) is 0 Å². The number of carbonyl (C=O) groups is 1. The highest BCUT2D eigenvalue weighted by Crippen LogP contribution is 2.41. The zero-order valence-electron chi connectivity index (χ0n) is 13.5. The summed E-state index contributed by atoms with van der Waals surface area (Å²) in [4.78, 5) is 11.7.